The second-order valence-electron chi connectivity index (χ2n) is 2.54. The lowest BCUT2D eigenvalue weighted by Gasteiger charge is -2.05. The van der Waals surface area contributed by atoms with Gasteiger partial charge >= 0.3 is 0 Å². The quantitative estimate of drug-likeness (QED) is 0.754. The first-order chi connectivity index (χ1) is 6.24. The number of methoxy groups -OCH3 is 1. The second kappa shape index (κ2) is 3.48. The highest BCUT2D eigenvalue weighted by molar-refractivity contribution is 9.10. The van der Waals surface area contributed by atoms with Gasteiger partial charge in [-0.2, -0.15) is 0 Å². The number of rotatable bonds is 1. The topological polar surface area (TPSA) is 9.23 Å². The molecule has 0 amide bonds. The van der Waals surface area contributed by atoms with Crippen LogP contribution in [-0.4, -0.2) is 7.11 Å². The zero-order valence-corrected chi connectivity index (χ0v) is 9.96. The minimum atomic E-state index is 0.718. The van der Waals surface area contributed by atoms with Crippen molar-refractivity contribution in [2.24, 2.45) is 0 Å². The SMILES string of the molecule is COc1cc2sccc2c(Cl)c1Br. The first-order valence-electron chi connectivity index (χ1n) is 3.63. The van der Waals surface area contributed by atoms with E-state index in [1.54, 1.807) is 18.4 Å². The van der Waals surface area contributed by atoms with Crippen LogP contribution in [0.25, 0.3) is 10.1 Å². The molecule has 0 bridgehead atoms. The normalized spacial score (nSPS) is 10.7. The van der Waals surface area contributed by atoms with Gasteiger partial charge in [0.15, 0.2) is 0 Å². The van der Waals surface area contributed by atoms with Gasteiger partial charge in [0, 0.05) is 10.1 Å². The summed E-state index contributed by atoms with van der Waals surface area (Å²) in [6.07, 6.45) is 0. The van der Waals surface area contributed by atoms with Gasteiger partial charge in [-0.1, -0.05) is 11.6 Å². The summed E-state index contributed by atoms with van der Waals surface area (Å²) in [5.74, 6) is 0.778. The first kappa shape index (κ1) is 9.31. The van der Waals surface area contributed by atoms with Gasteiger partial charge in [0.05, 0.1) is 16.6 Å². The number of benzene rings is 1. The molecule has 1 aromatic heterocycles. The minimum absolute atomic E-state index is 0.718. The molecule has 2 rings (SSSR count). The monoisotopic (exact) mass is 276 g/mol. The molecule has 0 saturated heterocycles. The summed E-state index contributed by atoms with van der Waals surface area (Å²) in [6.45, 7) is 0. The third kappa shape index (κ3) is 1.45. The summed E-state index contributed by atoms with van der Waals surface area (Å²) in [7, 11) is 1.63. The van der Waals surface area contributed by atoms with Crippen LogP contribution in [0.1, 0.15) is 0 Å². The number of thiophene rings is 1. The van der Waals surface area contributed by atoms with Crippen molar-refractivity contribution in [3.05, 3.63) is 27.0 Å². The number of fused-ring (bicyclic) bond motifs is 1. The van der Waals surface area contributed by atoms with Gasteiger partial charge in [-0.15, -0.1) is 11.3 Å². The Hall–Kier alpha value is -0.250. The molecule has 0 aliphatic carbocycles. The maximum atomic E-state index is 6.13. The van der Waals surface area contributed by atoms with Crippen LogP contribution in [0.4, 0.5) is 0 Å². The molecule has 0 unspecified atom stereocenters. The third-order valence-corrected chi connectivity index (χ3v) is 4.09. The molecule has 0 saturated carbocycles. The Morgan fingerprint density at radius 1 is 1.54 bits per heavy atom. The standard InChI is InChI=1S/C9H6BrClOS/c1-12-6-4-7-5(2-3-13-7)9(11)8(6)10/h2-4H,1H3. The summed E-state index contributed by atoms with van der Waals surface area (Å²) in [5.41, 5.74) is 0. The van der Waals surface area contributed by atoms with Crippen molar-refractivity contribution in [3.8, 4) is 5.75 Å². The van der Waals surface area contributed by atoms with Crippen LogP contribution < -0.4 is 4.74 Å². The summed E-state index contributed by atoms with van der Waals surface area (Å²) < 4.78 is 7.14. The summed E-state index contributed by atoms with van der Waals surface area (Å²) in [6, 6.07) is 3.99. The van der Waals surface area contributed by atoms with E-state index >= 15 is 0 Å². The third-order valence-electron chi connectivity index (χ3n) is 1.82. The minimum Gasteiger partial charge on any atom is -0.495 e. The largest absolute Gasteiger partial charge is 0.495 e. The second-order valence-corrected chi connectivity index (χ2v) is 4.66. The molecule has 1 nitrogen and oxygen atoms in total. The van der Waals surface area contributed by atoms with E-state index in [1.807, 2.05) is 17.5 Å². The number of halogens is 2. The summed E-state index contributed by atoms with van der Waals surface area (Å²) in [4.78, 5) is 0. The van der Waals surface area contributed by atoms with Crippen molar-refractivity contribution in [1.82, 2.24) is 0 Å². The van der Waals surface area contributed by atoms with Crippen LogP contribution in [0.3, 0.4) is 0 Å². The highest BCUT2D eigenvalue weighted by atomic mass is 79.9. The Bertz CT molecular complexity index is 452. The molecule has 1 aromatic carbocycles. The fourth-order valence-electron chi connectivity index (χ4n) is 1.17. The maximum Gasteiger partial charge on any atom is 0.136 e. The van der Waals surface area contributed by atoms with Gasteiger partial charge in [0.2, 0.25) is 0 Å². The molecule has 0 N–H and O–H groups in total. The molecule has 0 atom stereocenters. The predicted octanol–water partition coefficient (Wildman–Crippen LogP) is 4.33. The Balaban J connectivity index is 2.83. The zero-order chi connectivity index (χ0) is 9.42. The highest BCUT2D eigenvalue weighted by Crippen LogP contribution is 2.40. The van der Waals surface area contributed by atoms with Gasteiger partial charge in [0.1, 0.15) is 5.75 Å². The van der Waals surface area contributed by atoms with Crippen molar-refractivity contribution in [2.75, 3.05) is 7.11 Å². The van der Waals surface area contributed by atoms with E-state index in [4.69, 9.17) is 16.3 Å². The van der Waals surface area contributed by atoms with E-state index in [0.29, 0.717) is 0 Å². The van der Waals surface area contributed by atoms with Crippen molar-refractivity contribution in [1.29, 1.82) is 0 Å². The molecular formula is C9H6BrClOS. The van der Waals surface area contributed by atoms with Crippen molar-refractivity contribution >= 4 is 49.0 Å². The summed E-state index contributed by atoms with van der Waals surface area (Å²) >= 11 is 11.2. The Kier molecular flexibility index (Phi) is 2.49. The van der Waals surface area contributed by atoms with Crippen molar-refractivity contribution in [3.63, 3.8) is 0 Å². The van der Waals surface area contributed by atoms with Crippen LogP contribution in [0.2, 0.25) is 5.02 Å². The molecular weight excluding hydrogens is 272 g/mol. The first-order valence-corrected chi connectivity index (χ1v) is 5.68. The average Bonchev–Trinajstić information content (AvgIpc) is 2.59. The Labute approximate surface area is 93.4 Å². The molecule has 0 aliphatic heterocycles. The van der Waals surface area contributed by atoms with Crippen LogP contribution >= 0.6 is 38.9 Å². The van der Waals surface area contributed by atoms with E-state index in [9.17, 15) is 0 Å². The molecule has 0 spiro atoms. The van der Waals surface area contributed by atoms with Gasteiger partial charge in [0.25, 0.3) is 0 Å². The zero-order valence-electron chi connectivity index (χ0n) is 6.80. The fourth-order valence-corrected chi connectivity index (χ4v) is 2.80. The summed E-state index contributed by atoms with van der Waals surface area (Å²) in [5, 5.41) is 3.80. The molecule has 0 radical (unpaired) electrons. The van der Waals surface area contributed by atoms with Crippen LogP contribution in [0, 0.1) is 0 Å². The van der Waals surface area contributed by atoms with E-state index in [1.165, 1.54) is 0 Å². The van der Waals surface area contributed by atoms with Crippen molar-refractivity contribution < 1.29 is 4.74 Å². The molecule has 1 heterocycles. The molecule has 68 valence electrons. The van der Waals surface area contributed by atoms with E-state index in [0.717, 1.165) is 25.3 Å². The number of hydrogen-bond acceptors (Lipinski definition) is 2. The van der Waals surface area contributed by atoms with Gasteiger partial charge in [-0.25, -0.2) is 0 Å². The molecule has 0 fully saturated rings. The Morgan fingerprint density at radius 2 is 2.31 bits per heavy atom. The molecule has 4 heteroatoms. The average molecular weight is 278 g/mol. The predicted molar refractivity (Wildman–Crippen MR) is 61.1 cm³/mol. The lowest BCUT2D eigenvalue weighted by Crippen LogP contribution is -1.84. The van der Waals surface area contributed by atoms with Gasteiger partial charge < -0.3 is 4.74 Å². The lowest BCUT2D eigenvalue weighted by atomic mass is 10.2. The van der Waals surface area contributed by atoms with E-state index in [-0.39, 0.29) is 0 Å². The molecule has 0 aliphatic rings. The smallest absolute Gasteiger partial charge is 0.136 e. The van der Waals surface area contributed by atoms with Gasteiger partial charge in [-0.3, -0.25) is 0 Å². The van der Waals surface area contributed by atoms with Gasteiger partial charge in [-0.05, 0) is 33.4 Å². The molecule has 13 heavy (non-hydrogen) atoms. The lowest BCUT2D eigenvalue weighted by molar-refractivity contribution is 0.413. The maximum absolute atomic E-state index is 6.13. The van der Waals surface area contributed by atoms with Crippen molar-refractivity contribution in [2.45, 2.75) is 0 Å². The van der Waals surface area contributed by atoms with E-state index < -0.39 is 0 Å². The Morgan fingerprint density at radius 3 is 3.00 bits per heavy atom. The highest BCUT2D eigenvalue weighted by Gasteiger charge is 2.10. The number of hydrogen-bond donors (Lipinski definition) is 0. The van der Waals surface area contributed by atoms with Crippen LogP contribution in [-0.2, 0) is 0 Å². The number of ether oxygens (including phenoxy) is 1. The fraction of sp³-hybridized carbons (Fsp3) is 0.111. The van der Waals surface area contributed by atoms with Crippen LogP contribution in [0.15, 0.2) is 22.0 Å². The molecule has 2 aromatic rings. The van der Waals surface area contributed by atoms with E-state index in [2.05, 4.69) is 15.9 Å². The van der Waals surface area contributed by atoms with Crippen LogP contribution in [0.5, 0.6) is 5.75 Å².